The number of nitrogens with zero attached hydrogens (tertiary/aromatic N) is 1. The van der Waals surface area contributed by atoms with Gasteiger partial charge < -0.3 is 10.1 Å². The Bertz CT molecular complexity index is 497. The lowest BCUT2D eigenvalue weighted by molar-refractivity contribution is 0.309. The van der Waals surface area contributed by atoms with Crippen LogP contribution in [-0.4, -0.2) is 18.1 Å². The maximum absolute atomic E-state index is 5.78. The monoisotopic (exact) mass is 276 g/mol. The summed E-state index contributed by atoms with van der Waals surface area (Å²) in [6.45, 7) is 6.53. The summed E-state index contributed by atoms with van der Waals surface area (Å²) in [5, 5.41) is 5.47. The minimum atomic E-state index is 0.670. The van der Waals surface area contributed by atoms with Crippen LogP contribution in [0.2, 0.25) is 0 Å². The SMILES string of the molecule is CCc1nc(C)ccc1OCCNCc1cccs1. The van der Waals surface area contributed by atoms with Crippen molar-refractivity contribution >= 4 is 11.3 Å². The lowest BCUT2D eigenvalue weighted by atomic mass is 10.2. The molecule has 2 rings (SSSR count). The summed E-state index contributed by atoms with van der Waals surface area (Å²) in [6, 6.07) is 8.22. The molecule has 0 saturated carbocycles. The molecule has 0 saturated heterocycles. The highest BCUT2D eigenvalue weighted by Gasteiger charge is 2.03. The first-order chi connectivity index (χ1) is 9.29. The molecule has 0 spiro atoms. The zero-order chi connectivity index (χ0) is 13.5. The highest BCUT2D eigenvalue weighted by molar-refractivity contribution is 7.09. The fourth-order valence-electron chi connectivity index (χ4n) is 1.84. The molecule has 4 heteroatoms. The molecule has 0 bridgehead atoms. The van der Waals surface area contributed by atoms with Crippen LogP contribution >= 0.6 is 11.3 Å². The van der Waals surface area contributed by atoms with Crippen LogP contribution < -0.4 is 10.1 Å². The fourth-order valence-corrected chi connectivity index (χ4v) is 2.51. The second-order valence-electron chi connectivity index (χ2n) is 4.36. The molecule has 1 N–H and O–H groups in total. The van der Waals surface area contributed by atoms with Crippen LogP contribution in [0.4, 0.5) is 0 Å². The van der Waals surface area contributed by atoms with Crippen LogP contribution in [0.5, 0.6) is 5.75 Å². The molecular weight excluding hydrogens is 256 g/mol. The Morgan fingerprint density at radius 2 is 2.21 bits per heavy atom. The molecule has 3 nitrogen and oxygen atoms in total. The van der Waals surface area contributed by atoms with Crippen LogP contribution in [0.1, 0.15) is 23.2 Å². The van der Waals surface area contributed by atoms with E-state index in [-0.39, 0.29) is 0 Å². The number of thiophene rings is 1. The predicted octanol–water partition coefficient (Wildman–Crippen LogP) is 3.18. The van der Waals surface area contributed by atoms with E-state index in [1.807, 2.05) is 19.1 Å². The van der Waals surface area contributed by atoms with Gasteiger partial charge in [0.05, 0.1) is 5.69 Å². The van der Waals surface area contributed by atoms with E-state index in [0.717, 1.165) is 36.6 Å². The number of nitrogens with one attached hydrogen (secondary N) is 1. The number of hydrogen-bond acceptors (Lipinski definition) is 4. The minimum Gasteiger partial charge on any atom is -0.490 e. The van der Waals surface area contributed by atoms with Gasteiger partial charge in [-0.1, -0.05) is 13.0 Å². The highest BCUT2D eigenvalue weighted by atomic mass is 32.1. The number of pyridine rings is 1. The van der Waals surface area contributed by atoms with E-state index in [1.165, 1.54) is 4.88 Å². The first kappa shape index (κ1) is 14.0. The van der Waals surface area contributed by atoms with Gasteiger partial charge >= 0.3 is 0 Å². The van der Waals surface area contributed by atoms with Crippen molar-refractivity contribution in [3.8, 4) is 5.75 Å². The van der Waals surface area contributed by atoms with Gasteiger partial charge in [0, 0.05) is 23.7 Å². The number of hydrogen-bond donors (Lipinski definition) is 1. The predicted molar refractivity (Wildman–Crippen MR) is 79.9 cm³/mol. The molecule has 0 aliphatic heterocycles. The van der Waals surface area contributed by atoms with E-state index in [2.05, 4.69) is 34.7 Å². The largest absolute Gasteiger partial charge is 0.490 e. The van der Waals surface area contributed by atoms with Crippen molar-refractivity contribution in [1.29, 1.82) is 0 Å². The van der Waals surface area contributed by atoms with Crippen molar-refractivity contribution < 1.29 is 4.74 Å². The van der Waals surface area contributed by atoms with Crippen molar-refractivity contribution in [2.45, 2.75) is 26.8 Å². The normalized spacial score (nSPS) is 10.6. The van der Waals surface area contributed by atoms with Gasteiger partial charge in [0.2, 0.25) is 0 Å². The fraction of sp³-hybridized carbons (Fsp3) is 0.400. The highest BCUT2D eigenvalue weighted by Crippen LogP contribution is 2.17. The van der Waals surface area contributed by atoms with Crippen molar-refractivity contribution in [3.63, 3.8) is 0 Å². The lowest BCUT2D eigenvalue weighted by Crippen LogP contribution is -2.20. The number of ether oxygens (including phenoxy) is 1. The summed E-state index contributed by atoms with van der Waals surface area (Å²) in [5.74, 6) is 0.908. The van der Waals surface area contributed by atoms with Gasteiger partial charge in [-0.3, -0.25) is 4.98 Å². The Kier molecular flexibility index (Phi) is 5.36. The van der Waals surface area contributed by atoms with E-state index in [1.54, 1.807) is 11.3 Å². The van der Waals surface area contributed by atoms with Crippen molar-refractivity contribution in [2.24, 2.45) is 0 Å². The van der Waals surface area contributed by atoms with Crippen LogP contribution in [0.15, 0.2) is 29.6 Å². The molecule has 0 aliphatic carbocycles. The van der Waals surface area contributed by atoms with Gasteiger partial charge in [-0.15, -0.1) is 11.3 Å². The van der Waals surface area contributed by atoms with Gasteiger partial charge in [0.15, 0.2) is 0 Å². The smallest absolute Gasteiger partial charge is 0.140 e. The molecule has 0 amide bonds. The molecule has 0 atom stereocenters. The summed E-state index contributed by atoms with van der Waals surface area (Å²) >= 11 is 1.77. The molecule has 2 aromatic rings. The topological polar surface area (TPSA) is 34.1 Å². The van der Waals surface area contributed by atoms with Crippen LogP contribution in [-0.2, 0) is 13.0 Å². The molecule has 0 aliphatic rings. The molecule has 19 heavy (non-hydrogen) atoms. The summed E-state index contributed by atoms with van der Waals surface area (Å²) in [7, 11) is 0. The third-order valence-electron chi connectivity index (χ3n) is 2.82. The van der Waals surface area contributed by atoms with Crippen LogP contribution in [0.25, 0.3) is 0 Å². The first-order valence-electron chi connectivity index (χ1n) is 6.62. The van der Waals surface area contributed by atoms with Gasteiger partial charge in [-0.25, -0.2) is 0 Å². The molecule has 2 aromatic heterocycles. The zero-order valence-corrected chi connectivity index (χ0v) is 12.3. The van der Waals surface area contributed by atoms with Crippen LogP contribution in [0, 0.1) is 6.92 Å². The lowest BCUT2D eigenvalue weighted by Gasteiger charge is -2.10. The van der Waals surface area contributed by atoms with Crippen molar-refractivity contribution in [3.05, 3.63) is 45.9 Å². The average molecular weight is 276 g/mol. The molecule has 0 radical (unpaired) electrons. The van der Waals surface area contributed by atoms with Gasteiger partial charge in [-0.05, 0) is 36.9 Å². The minimum absolute atomic E-state index is 0.670. The Labute approximate surface area is 118 Å². The number of aromatic nitrogens is 1. The second-order valence-corrected chi connectivity index (χ2v) is 5.39. The number of rotatable bonds is 7. The van der Waals surface area contributed by atoms with Crippen LogP contribution in [0.3, 0.4) is 0 Å². The molecular formula is C15H20N2OS. The standard InChI is InChI=1S/C15H20N2OS/c1-3-14-15(7-6-12(2)17-14)18-9-8-16-11-13-5-4-10-19-13/h4-7,10,16H,3,8-9,11H2,1-2H3. The summed E-state index contributed by atoms with van der Waals surface area (Å²) < 4.78 is 5.78. The maximum Gasteiger partial charge on any atom is 0.140 e. The third-order valence-corrected chi connectivity index (χ3v) is 3.70. The Hall–Kier alpha value is -1.39. The Morgan fingerprint density at radius 1 is 1.32 bits per heavy atom. The summed E-state index contributed by atoms with van der Waals surface area (Å²) in [6.07, 6.45) is 0.902. The van der Waals surface area contributed by atoms with Crippen molar-refractivity contribution in [1.82, 2.24) is 10.3 Å². The summed E-state index contributed by atoms with van der Waals surface area (Å²) in [4.78, 5) is 5.84. The quantitative estimate of drug-likeness (QED) is 0.789. The van der Waals surface area contributed by atoms with E-state index < -0.39 is 0 Å². The average Bonchev–Trinajstić information content (AvgIpc) is 2.93. The van der Waals surface area contributed by atoms with E-state index in [4.69, 9.17) is 4.74 Å². The van der Waals surface area contributed by atoms with E-state index >= 15 is 0 Å². The summed E-state index contributed by atoms with van der Waals surface area (Å²) in [5.41, 5.74) is 2.08. The van der Waals surface area contributed by atoms with Crippen molar-refractivity contribution in [2.75, 3.05) is 13.2 Å². The maximum atomic E-state index is 5.78. The number of aryl methyl sites for hydroxylation is 2. The molecule has 102 valence electrons. The zero-order valence-electron chi connectivity index (χ0n) is 11.5. The second kappa shape index (κ2) is 7.26. The third kappa shape index (κ3) is 4.33. The molecule has 0 unspecified atom stereocenters. The molecule has 0 fully saturated rings. The molecule has 2 heterocycles. The van der Waals surface area contributed by atoms with E-state index in [9.17, 15) is 0 Å². The first-order valence-corrected chi connectivity index (χ1v) is 7.50. The molecule has 0 aromatic carbocycles. The van der Waals surface area contributed by atoms with Gasteiger partial charge in [0.25, 0.3) is 0 Å². The van der Waals surface area contributed by atoms with E-state index in [0.29, 0.717) is 6.61 Å². The Balaban J connectivity index is 1.73. The Morgan fingerprint density at radius 3 is 2.95 bits per heavy atom. The van der Waals surface area contributed by atoms with Gasteiger partial charge in [0.1, 0.15) is 12.4 Å². The van der Waals surface area contributed by atoms with Gasteiger partial charge in [-0.2, -0.15) is 0 Å².